The van der Waals surface area contributed by atoms with E-state index in [2.05, 4.69) is 0 Å². The molecule has 3 heterocycles. The van der Waals surface area contributed by atoms with E-state index in [1.807, 2.05) is 27.7 Å². The highest BCUT2D eigenvalue weighted by molar-refractivity contribution is 5.75. The van der Waals surface area contributed by atoms with E-state index < -0.39 is 23.8 Å². The van der Waals surface area contributed by atoms with Crippen LogP contribution < -0.4 is 0 Å². The maximum absolute atomic E-state index is 12.1. The molecule has 7 nitrogen and oxygen atoms in total. The Hall–Kier alpha value is -0.730. The van der Waals surface area contributed by atoms with Crippen LogP contribution in [0.5, 0.6) is 0 Å². The molecule has 3 aliphatic heterocycles. The number of carbonyl (C=O) groups is 1. The van der Waals surface area contributed by atoms with Gasteiger partial charge in [-0.3, -0.25) is 0 Å². The van der Waals surface area contributed by atoms with Gasteiger partial charge in [-0.15, -0.1) is 0 Å². The molecule has 0 radical (unpaired) electrons. The van der Waals surface area contributed by atoms with Gasteiger partial charge in [-0.25, -0.2) is 4.79 Å². The highest BCUT2D eigenvalue weighted by Gasteiger charge is 2.55. The number of hydrogen-bond acceptors (Lipinski definition) is 7. The second kappa shape index (κ2) is 5.97. The Bertz CT molecular complexity index is 461. The molecule has 0 aromatic rings. The number of carbonyl (C=O) groups excluding carboxylic acids is 1. The van der Waals surface area contributed by atoms with E-state index in [0.29, 0.717) is 19.6 Å². The molecule has 0 aromatic carbocycles. The largest absolute Gasteiger partial charge is 0.464 e. The quantitative estimate of drug-likeness (QED) is 0.724. The number of ether oxygens (including phenoxy) is 6. The highest BCUT2D eigenvalue weighted by Crippen LogP contribution is 2.40. The van der Waals surface area contributed by atoms with Crippen LogP contribution in [-0.4, -0.2) is 61.3 Å². The van der Waals surface area contributed by atoms with Gasteiger partial charge in [0.15, 0.2) is 17.7 Å². The van der Waals surface area contributed by atoms with Crippen molar-refractivity contribution in [2.24, 2.45) is 0 Å². The smallest absolute Gasteiger partial charge is 0.335 e. The average Bonchev–Trinajstić information content (AvgIpc) is 2.95. The molecule has 23 heavy (non-hydrogen) atoms. The normalized spacial score (nSPS) is 41.5. The lowest BCUT2D eigenvalue weighted by Gasteiger charge is -2.38. The Morgan fingerprint density at radius 1 is 1.04 bits per heavy atom. The van der Waals surface area contributed by atoms with Gasteiger partial charge in [0.05, 0.1) is 19.3 Å². The molecule has 0 amide bonds. The molecule has 3 saturated heterocycles. The summed E-state index contributed by atoms with van der Waals surface area (Å²) in [6, 6.07) is 0. The van der Waals surface area contributed by atoms with Crippen molar-refractivity contribution in [1.82, 2.24) is 0 Å². The molecule has 0 saturated carbocycles. The summed E-state index contributed by atoms with van der Waals surface area (Å²) < 4.78 is 34.6. The van der Waals surface area contributed by atoms with Crippen molar-refractivity contribution in [2.75, 3.05) is 13.2 Å². The van der Waals surface area contributed by atoms with Crippen LogP contribution in [-0.2, 0) is 33.2 Å². The maximum atomic E-state index is 12.1. The fourth-order valence-electron chi connectivity index (χ4n) is 3.42. The van der Waals surface area contributed by atoms with Crippen molar-refractivity contribution in [3.05, 3.63) is 0 Å². The van der Waals surface area contributed by atoms with Gasteiger partial charge in [0.2, 0.25) is 0 Å². The fourth-order valence-corrected chi connectivity index (χ4v) is 3.42. The Morgan fingerprint density at radius 2 is 1.74 bits per heavy atom. The summed E-state index contributed by atoms with van der Waals surface area (Å²) in [4.78, 5) is 12.1. The van der Waals surface area contributed by atoms with E-state index in [-0.39, 0.29) is 24.3 Å². The van der Waals surface area contributed by atoms with Crippen LogP contribution in [0.1, 0.15) is 41.0 Å². The third-order valence-corrected chi connectivity index (χ3v) is 4.26. The third-order valence-electron chi connectivity index (χ3n) is 4.26. The zero-order valence-corrected chi connectivity index (χ0v) is 14.4. The molecule has 0 spiro atoms. The Kier molecular flexibility index (Phi) is 4.44. The molecule has 132 valence electrons. The molecule has 3 aliphatic rings. The van der Waals surface area contributed by atoms with E-state index in [9.17, 15) is 4.79 Å². The molecule has 5 atom stereocenters. The lowest BCUT2D eigenvalue weighted by atomic mass is 9.94. The van der Waals surface area contributed by atoms with Gasteiger partial charge in [0, 0.05) is 6.42 Å². The van der Waals surface area contributed by atoms with Gasteiger partial charge in [-0.1, -0.05) is 0 Å². The first-order valence-electron chi connectivity index (χ1n) is 8.20. The molecule has 7 heteroatoms. The third kappa shape index (κ3) is 3.53. The summed E-state index contributed by atoms with van der Waals surface area (Å²) in [6.07, 6.45) is -1.53. The van der Waals surface area contributed by atoms with Crippen LogP contribution in [0.25, 0.3) is 0 Å². The molecule has 0 aromatic heterocycles. The Morgan fingerprint density at radius 3 is 2.35 bits per heavy atom. The first-order chi connectivity index (χ1) is 10.7. The molecule has 0 N–H and O–H groups in total. The maximum Gasteiger partial charge on any atom is 0.335 e. The van der Waals surface area contributed by atoms with Gasteiger partial charge >= 0.3 is 5.97 Å². The van der Waals surface area contributed by atoms with Crippen LogP contribution in [0.15, 0.2) is 0 Å². The summed E-state index contributed by atoms with van der Waals surface area (Å²) in [6.45, 7) is 9.90. The summed E-state index contributed by atoms with van der Waals surface area (Å²) in [5.41, 5.74) is 0. The van der Waals surface area contributed by atoms with E-state index in [0.717, 1.165) is 0 Å². The van der Waals surface area contributed by atoms with E-state index >= 15 is 0 Å². The minimum Gasteiger partial charge on any atom is -0.464 e. The molecule has 0 unspecified atom stereocenters. The predicted octanol–water partition coefficient (Wildman–Crippen LogP) is 1.38. The highest BCUT2D eigenvalue weighted by atomic mass is 16.8. The summed E-state index contributed by atoms with van der Waals surface area (Å²) in [5.74, 6) is -1.76. The predicted molar refractivity (Wildman–Crippen MR) is 78.6 cm³/mol. The van der Waals surface area contributed by atoms with Gasteiger partial charge in [0.25, 0.3) is 0 Å². The van der Waals surface area contributed by atoms with Crippen LogP contribution in [0.4, 0.5) is 0 Å². The second-order valence-electron chi connectivity index (χ2n) is 7.08. The minimum atomic E-state index is -0.713. The van der Waals surface area contributed by atoms with Crippen molar-refractivity contribution in [2.45, 2.75) is 83.1 Å². The zero-order chi connectivity index (χ0) is 16.8. The van der Waals surface area contributed by atoms with Crippen LogP contribution in [0.2, 0.25) is 0 Å². The first-order valence-corrected chi connectivity index (χ1v) is 8.20. The summed E-state index contributed by atoms with van der Waals surface area (Å²) in [7, 11) is 0. The second-order valence-corrected chi connectivity index (χ2v) is 7.08. The molecular weight excluding hydrogens is 304 g/mol. The number of rotatable bonds is 3. The molecular formula is C16H26O7. The van der Waals surface area contributed by atoms with Gasteiger partial charge in [0.1, 0.15) is 18.3 Å². The van der Waals surface area contributed by atoms with Crippen LogP contribution in [0.3, 0.4) is 0 Å². The molecule has 3 rings (SSSR count). The van der Waals surface area contributed by atoms with Gasteiger partial charge < -0.3 is 28.4 Å². The molecule has 3 fully saturated rings. The van der Waals surface area contributed by atoms with E-state index in [4.69, 9.17) is 28.4 Å². The molecule has 0 aliphatic carbocycles. The number of hydrogen-bond donors (Lipinski definition) is 0. The minimum absolute atomic E-state index is 0.231. The Labute approximate surface area is 136 Å². The van der Waals surface area contributed by atoms with Crippen LogP contribution in [0, 0.1) is 0 Å². The monoisotopic (exact) mass is 330 g/mol. The number of esters is 1. The topological polar surface area (TPSA) is 72.5 Å². The lowest BCUT2D eigenvalue weighted by molar-refractivity contribution is -0.211. The molecule has 0 bridgehead atoms. The van der Waals surface area contributed by atoms with E-state index in [1.165, 1.54) is 0 Å². The van der Waals surface area contributed by atoms with E-state index in [1.54, 1.807) is 6.92 Å². The SMILES string of the molecule is CCOC(=O)[C@H]1C[C@H]2OC(C)(C)O[C@H]2[C@@H]([C@H]2COC(C)(C)O2)O1. The van der Waals surface area contributed by atoms with Crippen molar-refractivity contribution in [3.63, 3.8) is 0 Å². The van der Waals surface area contributed by atoms with Crippen LogP contribution >= 0.6 is 0 Å². The number of fused-ring (bicyclic) bond motifs is 1. The fraction of sp³-hybridized carbons (Fsp3) is 0.938. The van der Waals surface area contributed by atoms with Crippen molar-refractivity contribution in [3.8, 4) is 0 Å². The first kappa shape index (κ1) is 17.1. The van der Waals surface area contributed by atoms with Crippen molar-refractivity contribution >= 4 is 5.97 Å². The standard InChI is InChI=1S/C16H26O7/c1-6-18-14(17)10-7-9-13(23-16(4,5)21-9)12(20-10)11-8-19-15(2,3)22-11/h9-13H,6-8H2,1-5H3/t9-,10-,11-,12-,13-/m1/s1. The zero-order valence-electron chi connectivity index (χ0n) is 14.4. The summed E-state index contributed by atoms with van der Waals surface area (Å²) in [5, 5.41) is 0. The average molecular weight is 330 g/mol. The summed E-state index contributed by atoms with van der Waals surface area (Å²) >= 11 is 0. The van der Waals surface area contributed by atoms with Crippen molar-refractivity contribution < 1.29 is 33.2 Å². The van der Waals surface area contributed by atoms with Gasteiger partial charge in [-0.05, 0) is 34.6 Å². The lowest BCUT2D eigenvalue weighted by Crippen LogP contribution is -2.55. The van der Waals surface area contributed by atoms with Gasteiger partial charge in [-0.2, -0.15) is 0 Å². The Balaban J connectivity index is 1.78. The van der Waals surface area contributed by atoms with Crippen molar-refractivity contribution in [1.29, 1.82) is 0 Å².